The minimum Gasteiger partial charge on any atom is -0.495 e. The number of amides is 1. The molecule has 1 rings (SSSR count). The van der Waals surface area contributed by atoms with E-state index in [1.54, 1.807) is 12.1 Å². The van der Waals surface area contributed by atoms with Gasteiger partial charge in [0.1, 0.15) is 11.8 Å². The molecular formula is C14H20ClN3O4. The van der Waals surface area contributed by atoms with Crippen molar-refractivity contribution in [1.82, 2.24) is 5.32 Å². The van der Waals surface area contributed by atoms with E-state index in [1.807, 2.05) is 0 Å². The number of nitrogens with one attached hydrogen (secondary N) is 2. The average Bonchev–Trinajstić information content (AvgIpc) is 2.46. The van der Waals surface area contributed by atoms with Crippen molar-refractivity contribution in [1.29, 1.82) is 0 Å². The van der Waals surface area contributed by atoms with Crippen LogP contribution in [0.15, 0.2) is 18.2 Å². The third-order valence-corrected chi connectivity index (χ3v) is 3.19. The number of methoxy groups -OCH3 is 1. The Morgan fingerprint density at radius 1 is 1.45 bits per heavy atom. The smallest absolute Gasteiger partial charge is 0.321 e. The van der Waals surface area contributed by atoms with Gasteiger partial charge in [-0.05, 0) is 37.7 Å². The molecule has 5 N–H and O–H groups in total. The van der Waals surface area contributed by atoms with Crippen molar-refractivity contribution in [2.24, 2.45) is 5.73 Å². The quantitative estimate of drug-likeness (QED) is 0.504. The van der Waals surface area contributed by atoms with E-state index >= 15 is 0 Å². The molecule has 1 aromatic rings. The van der Waals surface area contributed by atoms with Crippen LogP contribution in [0.2, 0.25) is 5.02 Å². The third kappa shape index (κ3) is 5.88. The van der Waals surface area contributed by atoms with Crippen molar-refractivity contribution in [3.8, 4) is 5.75 Å². The summed E-state index contributed by atoms with van der Waals surface area (Å²) in [6.45, 7) is 0.894. The molecule has 0 saturated carbocycles. The highest BCUT2D eigenvalue weighted by atomic mass is 35.5. The molecule has 7 nitrogen and oxygen atoms in total. The SMILES string of the molecule is COc1ccc(NC(=O)C[C@H](NCCCN)C(=O)O)cc1Cl. The highest BCUT2D eigenvalue weighted by molar-refractivity contribution is 6.32. The summed E-state index contributed by atoms with van der Waals surface area (Å²) in [4.78, 5) is 23.0. The Morgan fingerprint density at radius 2 is 2.18 bits per heavy atom. The Morgan fingerprint density at radius 3 is 2.73 bits per heavy atom. The van der Waals surface area contributed by atoms with E-state index in [9.17, 15) is 9.59 Å². The summed E-state index contributed by atoms with van der Waals surface area (Å²) in [7, 11) is 1.49. The van der Waals surface area contributed by atoms with Crippen molar-refractivity contribution in [3.05, 3.63) is 23.2 Å². The van der Waals surface area contributed by atoms with Gasteiger partial charge in [0.25, 0.3) is 0 Å². The summed E-state index contributed by atoms with van der Waals surface area (Å²) in [5.74, 6) is -1.01. The Bertz CT molecular complexity index is 525. The molecule has 1 amide bonds. The number of ether oxygens (including phenoxy) is 1. The minimum absolute atomic E-state index is 0.191. The predicted octanol–water partition coefficient (Wildman–Crippen LogP) is 1.07. The van der Waals surface area contributed by atoms with E-state index in [1.165, 1.54) is 13.2 Å². The van der Waals surface area contributed by atoms with Crippen LogP contribution >= 0.6 is 11.6 Å². The second-order valence-electron chi connectivity index (χ2n) is 4.59. The second kappa shape index (κ2) is 9.24. The number of hydrogen-bond donors (Lipinski definition) is 4. The van der Waals surface area contributed by atoms with E-state index in [0.717, 1.165) is 0 Å². The molecule has 0 aliphatic carbocycles. The molecule has 0 unspecified atom stereocenters. The summed E-state index contributed by atoms with van der Waals surface area (Å²) in [6.07, 6.45) is 0.447. The molecule has 0 aliphatic heterocycles. The fraction of sp³-hybridized carbons (Fsp3) is 0.429. The molecule has 0 saturated heterocycles. The number of halogens is 1. The topological polar surface area (TPSA) is 114 Å². The van der Waals surface area contributed by atoms with Crippen LogP contribution in [0.25, 0.3) is 0 Å². The highest BCUT2D eigenvalue weighted by Gasteiger charge is 2.20. The zero-order chi connectivity index (χ0) is 16.5. The molecule has 8 heteroatoms. The first-order chi connectivity index (χ1) is 10.5. The lowest BCUT2D eigenvalue weighted by Gasteiger charge is -2.14. The van der Waals surface area contributed by atoms with Gasteiger partial charge < -0.3 is 26.2 Å². The van der Waals surface area contributed by atoms with E-state index in [-0.39, 0.29) is 6.42 Å². The zero-order valence-electron chi connectivity index (χ0n) is 12.3. The molecular weight excluding hydrogens is 310 g/mol. The monoisotopic (exact) mass is 329 g/mol. The van der Waals surface area contributed by atoms with Crippen molar-refractivity contribution in [2.75, 3.05) is 25.5 Å². The van der Waals surface area contributed by atoms with Crippen LogP contribution in [-0.4, -0.2) is 43.2 Å². The Hall–Kier alpha value is -1.83. The molecule has 0 aromatic heterocycles. The molecule has 0 radical (unpaired) electrons. The number of carboxylic acid groups (broad SMARTS) is 1. The van der Waals surface area contributed by atoms with E-state index in [4.69, 9.17) is 27.2 Å². The number of nitrogens with two attached hydrogens (primary N) is 1. The van der Waals surface area contributed by atoms with Crippen LogP contribution in [-0.2, 0) is 9.59 Å². The Labute approximate surface area is 133 Å². The fourth-order valence-corrected chi connectivity index (χ4v) is 2.02. The molecule has 1 aromatic carbocycles. The Kier molecular flexibility index (Phi) is 7.65. The molecule has 0 bridgehead atoms. The molecule has 1 atom stereocenters. The summed E-state index contributed by atoms with van der Waals surface area (Å²) >= 11 is 5.96. The number of carbonyl (C=O) groups excluding carboxylic acids is 1. The first-order valence-corrected chi connectivity index (χ1v) is 7.15. The average molecular weight is 330 g/mol. The highest BCUT2D eigenvalue weighted by Crippen LogP contribution is 2.27. The minimum atomic E-state index is -1.08. The lowest BCUT2D eigenvalue weighted by atomic mass is 10.2. The number of carbonyl (C=O) groups is 2. The van der Waals surface area contributed by atoms with Gasteiger partial charge in [0.2, 0.25) is 5.91 Å². The van der Waals surface area contributed by atoms with Gasteiger partial charge in [-0.15, -0.1) is 0 Å². The fourth-order valence-electron chi connectivity index (χ4n) is 1.77. The van der Waals surface area contributed by atoms with Gasteiger partial charge in [-0.1, -0.05) is 11.6 Å². The van der Waals surface area contributed by atoms with E-state index in [2.05, 4.69) is 10.6 Å². The molecule has 0 fully saturated rings. The second-order valence-corrected chi connectivity index (χ2v) is 5.00. The lowest BCUT2D eigenvalue weighted by Crippen LogP contribution is -2.40. The van der Waals surface area contributed by atoms with Gasteiger partial charge in [-0.25, -0.2) is 0 Å². The molecule has 0 spiro atoms. The molecule has 22 heavy (non-hydrogen) atoms. The maximum absolute atomic E-state index is 11.9. The molecule has 122 valence electrons. The summed E-state index contributed by atoms with van der Waals surface area (Å²) in [5.41, 5.74) is 5.82. The maximum Gasteiger partial charge on any atom is 0.321 e. The number of anilines is 1. The maximum atomic E-state index is 11.9. The first-order valence-electron chi connectivity index (χ1n) is 6.77. The number of benzene rings is 1. The van der Waals surface area contributed by atoms with Crippen LogP contribution in [0.5, 0.6) is 5.75 Å². The number of carboxylic acids is 1. The molecule has 0 heterocycles. The van der Waals surface area contributed by atoms with Gasteiger partial charge in [0.05, 0.1) is 18.6 Å². The van der Waals surface area contributed by atoms with Crippen LogP contribution in [0, 0.1) is 0 Å². The van der Waals surface area contributed by atoms with E-state index < -0.39 is 17.9 Å². The predicted molar refractivity (Wildman–Crippen MR) is 84.3 cm³/mol. The summed E-state index contributed by atoms with van der Waals surface area (Å²) < 4.78 is 5.01. The summed E-state index contributed by atoms with van der Waals surface area (Å²) in [5, 5.41) is 14.8. The molecule has 0 aliphatic rings. The van der Waals surface area contributed by atoms with Crippen molar-refractivity contribution in [2.45, 2.75) is 18.9 Å². The normalized spacial score (nSPS) is 11.8. The van der Waals surface area contributed by atoms with Crippen molar-refractivity contribution >= 4 is 29.2 Å². The van der Waals surface area contributed by atoms with Crippen LogP contribution in [0.4, 0.5) is 5.69 Å². The number of hydrogen-bond acceptors (Lipinski definition) is 5. The lowest BCUT2D eigenvalue weighted by molar-refractivity contribution is -0.141. The van der Waals surface area contributed by atoms with Gasteiger partial charge >= 0.3 is 5.97 Å². The van der Waals surface area contributed by atoms with Crippen LogP contribution in [0.1, 0.15) is 12.8 Å². The Balaban J connectivity index is 2.59. The van der Waals surface area contributed by atoms with Crippen molar-refractivity contribution < 1.29 is 19.4 Å². The van der Waals surface area contributed by atoms with Gasteiger partial charge in [0, 0.05) is 5.69 Å². The number of rotatable bonds is 9. The van der Waals surface area contributed by atoms with E-state index in [0.29, 0.717) is 36.0 Å². The first kappa shape index (κ1) is 18.2. The van der Waals surface area contributed by atoms with Gasteiger partial charge in [-0.3, -0.25) is 9.59 Å². The van der Waals surface area contributed by atoms with Crippen molar-refractivity contribution in [3.63, 3.8) is 0 Å². The standard InChI is InChI=1S/C14H20ClN3O4/c1-22-12-4-3-9(7-10(12)15)18-13(19)8-11(14(20)21)17-6-2-5-16/h3-4,7,11,17H,2,5-6,8,16H2,1H3,(H,18,19)(H,20,21)/t11-/m0/s1. The summed E-state index contributed by atoms with van der Waals surface area (Å²) in [6, 6.07) is 3.82. The third-order valence-electron chi connectivity index (χ3n) is 2.89. The van der Waals surface area contributed by atoms with Crippen LogP contribution in [0.3, 0.4) is 0 Å². The van der Waals surface area contributed by atoms with Gasteiger partial charge in [0.15, 0.2) is 0 Å². The van der Waals surface area contributed by atoms with Gasteiger partial charge in [-0.2, -0.15) is 0 Å². The zero-order valence-corrected chi connectivity index (χ0v) is 13.0. The largest absolute Gasteiger partial charge is 0.495 e. The number of aliphatic carboxylic acids is 1. The van der Waals surface area contributed by atoms with Crippen LogP contribution < -0.4 is 21.1 Å².